The van der Waals surface area contributed by atoms with Crippen molar-refractivity contribution >= 4 is 36.0 Å². The summed E-state index contributed by atoms with van der Waals surface area (Å²) in [6, 6.07) is 25.0. The summed E-state index contributed by atoms with van der Waals surface area (Å²) >= 11 is 0. The maximum Gasteiger partial charge on any atom is 0.437 e. The van der Waals surface area contributed by atoms with Crippen LogP contribution in [0.25, 0.3) is 0 Å². The van der Waals surface area contributed by atoms with Crippen molar-refractivity contribution in [2.45, 2.75) is 65.4 Å². The molecule has 0 spiro atoms. The fourth-order valence-corrected chi connectivity index (χ4v) is 4.28. The van der Waals surface area contributed by atoms with E-state index in [2.05, 4.69) is 10.3 Å². The number of ketones is 1. The standard InChI is InChI=1S/C37H42N4O9/c1-26(23-31(42)29-19-12-7-13-20-29)49-32(43)30(39-35(45)50-37(2,3)4)21-14-22-41(36(46)48-25-28-17-10-6-11-18-28)33(38)40-34(44)47-24-27-15-8-5-9-16-27/h5-13,15-20,23,30H,14,21-22,24-25H2,1-4H3,(H,39,45)(H2,38,40,44)/t30-/m0/s1. The fourth-order valence-electron chi connectivity index (χ4n) is 4.28. The Kier molecular flexibility index (Phi) is 14.7. The number of rotatable bonds is 13. The third-order valence-corrected chi connectivity index (χ3v) is 6.62. The van der Waals surface area contributed by atoms with Crippen molar-refractivity contribution in [1.29, 1.82) is 0 Å². The summed E-state index contributed by atoms with van der Waals surface area (Å²) in [5.74, 6) is -1.76. The molecule has 0 saturated heterocycles. The number of guanidine groups is 1. The minimum Gasteiger partial charge on any atom is -0.444 e. The van der Waals surface area contributed by atoms with Crippen molar-refractivity contribution in [3.8, 4) is 0 Å². The molecule has 3 aromatic rings. The van der Waals surface area contributed by atoms with E-state index >= 15 is 0 Å². The van der Waals surface area contributed by atoms with Crippen molar-refractivity contribution in [3.05, 3.63) is 120 Å². The molecule has 0 aliphatic heterocycles. The van der Waals surface area contributed by atoms with Gasteiger partial charge in [0.05, 0.1) is 0 Å². The molecule has 13 nitrogen and oxygen atoms in total. The Hall–Kier alpha value is -5.98. The van der Waals surface area contributed by atoms with Gasteiger partial charge in [-0.05, 0) is 51.7 Å². The lowest BCUT2D eigenvalue weighted by Gasteiger charge is -2.24. The van der Waals surface area contributed by atoms with Gasteiger partial charge in [0.1, 0.15) is 30.6 Å². The highest BCUT2D eigenvalue weighted by molar-refractivity contribution is 6.04. The lowest BCUT2D eigenvalue weighted by Crippen LogP contribution is -2.46. The first kappa shape index (κ1) is 38.5. The second-order valence-corrected chi connectivity index (χ2v) is 11.9. The van der Waals surface area contributed by atoms with Gasteiger partial charge in [-0.1, -0.05) is 91.0 Å². The van der Waals surface area contributed by atoms with Crippen LogP contribution in [0.3, 0.4) is 0 Å². The normalized spacial score (nSPS) is 12.2. The van der Waals surface area contributed by atoms with Gasteiger partial charge < -0.3 is 30.0 Å². The van der Waals surface area contributed by atoms with Crippen LogP contribution in [0.4, 0.5) is 14.4 Å². The second kappa shape index (κ2) is 19.1. The molecule has 13 heteroatoms. The van der Waals surface area contributed by atoms with Gasteiger partial charge in [-0.25, -0.2) is 24.1 Å². The van der Waals surface area contributed by atoms with Crippen LogP contribution in [-0.4, -0.2) is 59.1 Å². The Balaban J connectivity index is 1.74. The molecule has 3 aromatic carbocycles. The molecule has 0 radical (unpaired) electrons. The van der Waals surface area contributed by atoms with Crippen LogP contribution in [0.1, 0.15) is 62.0 Å². The monoisotopic (exact) mass is 686 g/mol. The van der Waals surface area contributed by atoms with Crippen LogP contribution in [0, 0.1) is 0 Å². The quantitative estimate of drug-likeness (QED) is 0.0396. The highest BCUT2D eigenvalue weighted by Gasteiger charge is 2.28. The van der Waals surface area contributed by atoms with E-state index in [1.165, 1.54) is 6.92 Å². The lowest BCUT2D eigenvalue weighted by molar-refractivity contribution is -0.142. The number of aliphatic imine (C=N–C) groups is 1. The topological polar surface area (TPSA) is 176 Å². The van der Waals surface area contributed by atoms with Gasteiger partial charge in [-0.2, -0.15) is 0 Å². The largest absolute Gasteiger partial charge is 0.444 e. The molecule has 0 aliphatic rings. The van der Waals surface area contributed by atoms with Crippen molar-refractivity contribution in [2.75, 3.05) is 6.54 Å². The Morgan fingerprint density at radius 3 is 1.94 bits per heavy atom. The molecule has 0 saturated carbocycles. The van der Waals surface area contributed by atoms with Crippen LogP contribution < -0.4 is 11.1 Å². The van der Waals surface area contributed by atoms with Gasteiger partial charge in [0.2, 0.25) is 5.96 Å². The highest BCUT2D eigenvalue weighted by Crippen LogP contribution is 2.13. The maximum absolute atomic E-state index is 13.3. The summed E-state index contributed by atoms with van der Waals surface area (Å²) in [7, 11) is 0. The first-order valence-electron chi connectivity index (χ1n) is 15.8. The van der Waals surface area contributed by atoms with Gasteiger partial charge in [0.25, 0.3) is 0 Å². The third kappa shape index (κ3) is 14.0. The summed E-state index contributed by atoms with van der Waals surface area (Å²) in [6.07, 6.45) is -1.71. The molecule has 264 valence electrons. The number of amides is 3. The maximum atomic E-state index is 13.3. The molecule has 0 heterocycles. The van der Waals surface area contributed by atoms with E-state index in [1.54, 1.807) is 99.6 Å². The number of nitrogens with zero attached hydrogens (tertiary/aromatic N) is 2. The number of allylic oxidation sites excluding steroid dienone is 2. The summed E-state index contributed by atoms with van der Waals surface area (Å²) in [4.78, 5) is 68.8. The molecule has 0 bridgehead atoms. The number of hydrogen-bond acceptors (Lipinski definition) is 9. The van der Waals surface area contributed by atoms with Crippen LogP contribution in [0.5, 0.6) is 0 Å². The summed E-state index contributed by atoms with van der Waals surface area (Å²) in [5, 5.41) is 2.49. The van der Waals surface area contributed by atoms with Gasteiger partial charge in [-0.15, -0.1) is 4.99 Å². The van der Waals surface area contributed by atoms with E-state index < -0.39 is 41.9 Å². The number of nitrogens with one attached hydrogen (secondary N) is 1. The van der Waals surface area contributed by atoms with E-state index in [4.69, 9.17) is 24.7 Å². The number of esters is 1. The first-order chi connectivity index (χ1) is 23.8. The van der Waals surface area contributed by atoms with E-state index in [0.717, 1.165) is 16.5 Å². The number of alkyl carbamates (subject to hydrolysis) is 1. The van der Waals surface area contributed by atoms with Gasteiger partial charge in [-0.3, -0.25) is 4.79 Å². The predicted octanol–water partition coefficient (Wildman–Crippen LogP) is 6.28. The van der Waals surface area contributed by atoms with E-state index in [-0.39, 0.29) is 44.1 Å². The smallest absolute Gasteiger partial charge is 0.437 e. The predicted molar refractivity (Wildman–Crippen MR) is 185 cm³/mol. The summed E-state index contributed by atoms with van der Waals surface area (Å²) in [6.45, 7) is 6.07. The molecule has 3 rings (SSSR count). The van der Waals surface area contributed by atoms with Crippen molar-refractivity contribution < 1.29 is 42.9 Å². The molecular weight excluding hydrogens is 644 g/mol. The van der Waals surface area contributed by atoms with E-state index in [0.29, 0.717) is 11.1 Å². The minimum atomic E-state index is -1.27. The molecular formula is C37H42N4O9. The van der Waals surface area contributed by atoms with E-state index in [9.17, 15) is 24.0 Å². The zero-order valence-corrected chi connectivity index (χ0v) is 28.5. The van der Waals surface area contributed by atoms with Crippen molar-refractivity contribution in [2.24, 2.45) is 10.7 Å². The zero-order chi connectivity index (χ0) is 36.5. The van der Waals surface area contributed by atoms with Gasteiger partial charge in [0, 0.05) is 18.2 Å². The van der Waals surface area contributed by atoms with Crippen LogP contribution in [0.15, 0.2) is 108 Å². The minimum absolute atomic E-state index is 0.00338. The first-order valence-corrected chi connectivity index (χ1v) is 15.8. The van der Waals surface area contributed by atoms with Crippen molar-refractivity contribution in [3.63, 3.8) is 0 Å². The van der Waals surface area contributed by atoms with Crippen molar-refractivity contribution in [1.82, 2.24) is 10.2 Å². The second-order valence-electron chi connectivity index (χ2n) is 11.9. The molecule has 3 amide bonds. The summed E-state index contributed by atoms with van der Waals surface area (Å²) < 4.78 is 21.3. The SMILES string of the molecule is CC(=CC(=O)c1ccccc1)OC(=O)[C@H](CCCN(C(=O)OCc1ccccc1)C(N)=NC(=O)OCc1ccccc1)NC(=O)OC(C)(C)C. The number of hydrogen-bond donors (Lipinski definition) is 2. The Bertz CT molecular complexity index is 1650. The number of benzene rings is 3. The van der Waals surface area contributed by atoms with Gasteiger partial charge >= 0.3 is 24.2 Å². The van der Waals surface area contributed by atoms with Gasteiger partial charge in [0.15, 0.2) is 5.78 Å². The Morgan fingerprint density at radius 1 is 0.840 bits per heavy atom. The molecule has 0 unspecified atom stereocenters. The zero-order valence-electron chi connectivity index (χ0n) is 28.5. The fraction of sp³-hybridized carbons (Fsp3) is 0.297. The molecule has 0 fully saturated rings. The Morgan fingerprint density at radius 2 is 1.38 bits per heavy atom. The van der Waals surface area contributed by atoms with Crippen LogP contribution >= 0.6 is 0 Å². The third-order valence-electron chi connectivity index (χ3n) is 6.62. The number of ether oxygens (including phenoxy) is 4. The van der Waals surface area contributed by atoms with E-state index in [1.807, 2.05) is 12.1 Å². The molecule has 0 aromatic heterocycles. The number of carbonyl (C=O) groups excluding carboxylic acids is 5. The lowest BCUT2D eigenvalue weighted by atomic mass is 10.1. The van der Waals surface area contributed by atoms with Crippen LogP contribution in [-0.2, 0) is 37.0 Å². The average molecular weight is 687 g/mol. The molecule has 3 N–H and O–H groups in total. The molecule has 0 aliphatic carbocycles. The highest BCUT2D eigenvalue weighted by atomic mass is 16.6. The van der Waals surface area contributed by atoms with Crippen LogP contribution in [0.2, 0.25) is 0 Å². The number of carbonyl (C=O) groups is 5. The average Bonchev–Trinajstić information content (AvgIpc) is 3.08. The number of nitrogens with two attached hydrogens (primary N) is 1. The molecule has 50 heavy (non-hydrogen) atoms. The Labute approximate surface area is 291 Å². The molecule has 1 atom stereocenters. The summed E-state index contributed by atoms with van der Waals surface area (Å²) in [5.41, 5.74) is 7.06.